The molecule has 0 aromatic rings. The Bertz CT molecular complexity index is 253. The molecule has 0 amide bonds. The molecule has 4 unspecified atom stereocenters. The lowest BCUT2D eigenvalue weighted by Crippen LogP contribution is -2.35. The van der Waals surface area contributed by atoms with Crippen LogP contribution in [0.3, 0.4) is 0 Å². The molecule has 2 aliphatic carbocycles. The Labute approximate surface area is 115 Å². The summed E-state index contributed by atoms with van der Waals surface area (Å²) in [6.45, 7) is 10.2. The second-order valence-electron chi connectivity index (χ2n) is 8.08. The van der Waals surface area contributed by atoms with Crippen molar-refractivity contribution in [3.05, 3.63) is 0 Å². The summed E-state index contributed by atoms with van der Waals surface area (Å²) in [5, 5.41) is 0. The van der Waals surface area contributed by atoms with Gasteiger partial charge in [-0.2, -0.15) is 0 Å². The first-order valence-electron chi connectivity index (χ1n) is 8.50. The molecule has 2 saturated carbocycles. The zero-order valence-electron chi connectivity index (χ0n) is 13.2. The molecule has 0 radical (unpaired) electrons. The Morgan fingerprint density at radius 3 is 1.94 bits per heavy atom. The summed E-state index contributed by atoms with van der Waals surface area (Å²) in [4.78, 5) is 0. The standard InChI is InChI=1S/C18H34/c1-14-9-5-7-11-16(14)13-18(3,4)17-12-8-6-10-15(17)2/h14-17H,5-13H2,1-4H3. The van der Waals surface area contributed by atoms with Crippen molar-refractivity contribution in [3.8, 4) is 0 Å². The molecule has 2 aliphatic rings. The highest BCUT2D eigenvalue weighted by Gasteiger charge is 2.37. The fourth-order valence-electron chi connectivity index (χ4n) is 5.00. The highest BCUT2D eigenvalue weighted by Crippen LogP contribution is 2.48. The normalized spacial score (nSPS) is 38.7. The number of rotatable bonds is 3. The molecule has 0 spiro atoms. The lowest BCUT2D eigenvalue weighted by atomic mass is 9.61. The van der Waals surface area contributed by atoms with E-state index in [1.54, 1.807) is 0 Å². The molecular weight excluding hydrogens is 216 g/mol. The van der Waals surface area contributed by atoms with Crippen molar-refractivity contribution in [2.45, 2.75) is 85.5 Å². The second kappa shape index (κ2) is 5.97. The summed E-state index contributed by atoms with van der Waals surface area (Å²) in [6.07, 6.45) is 13.4. The SMILES string of the molecule is CC1CCCCC1CC(C)(C)C1CCCCC1C. The van der Waals surface area contributed by atoms with E-state index in [-0.39, 0.29) is 0 Å². The third kappa shape index (κ3) is 3.31. The first-order valence-corrected chi connectivity index (χ1v) is 8.50. The molecule has 0 aromatic heterocycles. The summed E-state index contributed by atoms with van der Waals surface area (Å²) >= 11 is 0. The zero-order valence-corrected chi connectivity index (χ0v) is 13.2. The van der Waals surface area contributed by atoms with Gasteiger partial charge in [-0.3, -0.25) is 0 Å². The number of hydrogen-bond donors (Lipinski definition) is 0. The van der Waals surface area contributed by atoms with Crippen LogP contribution in [0.2, 0.25) is 0 Å². The van der Waals surface area contributed by atoms with Crippen LogP contribution in [0.15, 0.2) is 0 Å². The van der Waals surface area contributed by atoms with E-state index in [1.807, 2.05) is 0 Å². The maximum absolute atomic E-state index is 2.57. The molecule has 4 atom stereocenters. The topological polar surface area (TPSA) is 0 Å². The fourth-order valence-corrected chi connectivity index (χ4v) is 5.00. The van der Waals surface area contributed by atoms with Crippen LogP contribution in [0, 0.1) is 29.1 Å². The van der Waals surface area contributed by atoms with E-state index in [0.717, 1.165) is 23.7 Å². The number of hydrogen-bond acceptors (Lipinski definition) is 0. The Hall–Kier alpha value is 0. The first-order chi connectivity index (χ1) is 8.50. The monoisotopic (exact) mass is 250 g/mol. The largest absolute Gasteiger partial charge is 0.0622 e. The summed E-state index contributed by atoms with van der Waals surface area (Å²) in [5.74, 6) is 3.95. The van der Waals surface area contributed by atoms with E-state index in [9.17, 15) is 0 Å². The molecule has 0 N–H and O–H groups in total. The maximum Gasteiger partial charge on any atom is -0.0321 e. The summed E-state index contributed by atoms with van der Waals surface area (Å²) in [6, 6.07) is 0. The molecule has 0 saturated heterocycles. The van der Waals surface area contributed by atoms with Gasteiger partial charge < -0.3 is 0 Å². The van der Waals surface area contributed by atoms with Crippen LogP contribution in [-0.2, 0) is 0 Å². The minimum Gasteiger partial charge on any atom is -0.0622 e. The molecule has 2 fully saturated rings. The van der Waals surface area contributed by atoms with Crippen LogP contribution >= 0.6 is 0 Å². The van der Waals surface area contributed by atoms with Gasteiger partial charge in [-0.05, 0) is 41.9 Å². The Kier molecular flexibility index (Phi) is 4.78. The van der Waals surface area contributed by atoms with E-state index in [2.05, 4.69) is 27.7 Å². The van der Waals surface area contributed by atoms with Gasteiger partial charge in [0.15, 0.2) is 0 Å². The highest BCUT2D eigenvalue weighted by atomic mass is 14.4. The lowest BCUT2D eigenvalue weighted by Gasteiger charge is -2.45. The van der Waals surface area contributed by atoms with E-state index >= 15 is 0 Å². The van der Waals surface area contributed by atoms with E-state index in [0.29, 0.717) is 5.41 Å². The van der Waals surface area contributed by atoms with Crippen molar-refractivity contribution < 1.29 is 0 Å². The molecule has 0 aromatic carbocycles. The van der Waals surface area contributed by atoms with E-state index in [4.69, 9.17) is 0 Å². The van der Waals surface area contributed by atoms with Gasteiger partial charge in [-0.25, -0.2) is 0 Å². The molecule has 0 heterocycles. The van der Waals surface area contributed by atoms with Crippen molar-refractivity contribution in [1.82, 2.24) is 0 Å². The third-order valence-electron chi connectivity index (χ3n) is 6.19. The minimum absolute atomic E-state index is 0.579. The maximum atomic E-state index is 2.57. The summed E-state index contributed by atoms with van der Waals surface area (Å²) < 4.78 is 0. The molecular formula is C18H34. The molecule has 2 rings (SSSR count). The first kappa shape index (κ1) is 14.4. The average molecular weight is 250 g/mol. The Morgan fingerprint density at radius 1 is 0.778 bits per heavy atom. The van der Waals surface area contributed by atoms with Crippen molar-refractivity contribution in [3.63, 3.8) is 0 Å². The quantitative estimate of drug-likeness (QED) is 0.571. The second-order valence-corrected chi connectivity index (χ2v) is 8.08. The van der Waals surface area contributed by atoms with Crippen LogP contribution in [0.25, 0.3) is 0 Å². The van der Waals surface area contributed by atoms with E-state index in [1.165, 1.54) is 57.8 Å². The molecule has 0 nitrogen and oxygen atoms in total. The van der Waals surface area contributed by atoms with Crippen molar-refractivity contribution in [1.29, 1.82) is 0 Å². The van der Waals surface area contributed by atoms with Gasteiger partial charge in [0, 0.05) is 0 Å². The third-order valence-corrected chi connectivity index (χ3v) is 6.19. The predicted molar refractivity (Wildman–Crippen MR) is 80.6 cm³/mol. The Morgan fingerprint density at radius 2 is 1.33 bits per heavy atom. The molecule has 0 aliphatic heterocycles. The molecule has 0 heteroatoms. The summed E-state index contributed by atoms with van der Waals surface area (Å²) in [7, 11) is 0. The highest BCUT2D eigenvalue weighted by molar-refractivity contribution is 4.88. The van der Waals surface area contributed by atoms with Gasteiger partial charge in [0.1, 0.15) is 0 Å². The van der Waals surface area contributed by atoms with Gasteiger partial charge in [0.05, 0.1) is 0 Å². The predicted octanol–water partition coefficient (Wildman–Crippen LogP) is 6.06. The van der Waals surface area contributed by atoms with Crippen molar-refractivity contribution in [2.75, 3.05) is 0 Å². The molecule has 106 valence electrons. The van der Waals surface area contributed by atoms with Gasteiger partial charge >= 0.3 is 0 Å². The molecule has 18 heavy (non-hydrogen) atoms. The van der Waals surface area contributed by atoms with Crippen molar-refractivity contribution >= 4 is 0 Å². The van der Waals surface area contributed by atoms with Gasteiger partial charge in [0.2, 0.25) is 0 Å². The summed E-state index contributed by atoms with van der Waals surface area (Å²) in [5.41, 5.74) is 0.579. The van der Waals surface area contributed by atoms with Crippen LogP contribution in [0.1, 0.15) is 85.5 Å². The van der Waals surface area contributed by atoms with Gasteiger partial charge in [-0.1, -0.05) is 72.6 Å². The molecule has 0 bridgehead atoms. The van der Waals surface area contributed by atoms with Crippen LogP contribution < -0.4 is 0 Å². The van der Waals surface area contributed by atoms with Crippen LogP contribution in [-0.4, -0.2) is 0 Å². The lowest BCUT2D eigenvalue weighted by molar-refractivity contribution is 0.0567. The van der Waals surface area contributed by atoms with Crippen LogP contribution in [0.5, 0.6) is 0 Å². The Balaban J connectivity index is 1.96. The van der Waals surface area contributed by atoms with Gasteiger partial charge in [-0.15, -0.1) is 0 Å². The van der Waals surface area contributed by atoms with Crippen molar-refractivity contribution in [2.24, 2.45) is 29.1 Å². The van der Waals surface area contributed by atoms with E-state index < -0.39 is 0 Å². The van der Waals surface area contributed by atoms with Gasteiger partial charge in [0.25, 0.3) is 0 Å². The smallest absolute Gasteiger partial charge is 0.0321 e. The minimum atomic E-state index is 0.579. The fraction of sp³-hybridized carbons (Fsp3) is 1.00. The van der Waals surface area contributed by atoms with Crippen LogP contribution in [0.4, 0.5) is 0 Å². The zero-order chi connectivity index (χ0) is 13.2. The average Bonchev–Trinajstić information content (AvgIpc) is 2.32.